The summed E-state index contributed by atoms with van der Waals surface area (Å²) in [6.07, 6.45) is 3.26. The fourth-order valence-corrected chi connectivity index (χ4v) is 4.13. The minimum Gasteiger partial charge on any atom is -0.508 e. The van der Waals surface area contributed by atoms with Gasteiger partial charge in [0.25, 0.3) is 11.7 Å². The third-order valence-corrected chi connectivity index (χ3v) is 5.86. The molecule has 7 heteroatoms. The summed E-state index contributed by atoms with van der Waals surface area (Å²) in [6, 6.07) is 14.3. The molecule has 180 valence electrons. The minimum absolute atomic E-state index is 0.00327. The van der Waals surface area contributed by atoms with E-state index in [2.05, 4.69) is 18.8 Å². The Labute approximate surface area is 204 Å². The lowest BCUT2D eigenvalue weighted by Gasteiger charge is -2.25. The van der Waals surface area contributed by atoms with E-state index in [1.165, 1.54) is 17.0 Å². The molecular formula is C28H28N2O5. The van der Waals surface area contributed by atoms with Crippen molar-refractivity contribution in [2.45, 2.75) is 33.4 Å². The van der Waals surface area contributed by atoms with Crippen molar-refractivity contribution in [3.8, 4) is 11.5 Å². The zero-order chi connectivity index (χ0) is 25.1. The minimum atomic E-state index is -0.827. The van der Waals surface area contributed by atoms with E-state index in [0.29, 0.717) is 35.0 Å². The molecule has 4 rings (SSSR count). The monoisotopic (exact) mass is 472 g/mol. The highest BCUT2D eigenvalue weighted by Gasteiger charge is 2.46. The van der Waals surface area contributed by atoms with Crippen LogP contribution >= 0.6 is 0 Å². The molecule has 1 amide bonds. The average Bonchev–Trinajstić information content (AvgIpc) is 3.08. The number of amides is 1. The van der Waals surface area contributed by atoms with Crippen LogP contribution < -0.4 is 4.74 Å². The average molecular weight is 473 g/mol. The highest BCUT2D eigenvalue weighted by molar-refractivity contribution is 6.46. The molecule has 2 heterocycles. The van der Waals surface area contributed by atoms with E-state index in [4.69, 9.17) is 4.74 Å². The van der Waals surface area contributed by atoms with Crippen LogP contribution in [0.3, 0.4) is 0 Å². The second kappa shape index (κ2) is 10.0. The zero-order valence-corrected chi connectivity index (χ0v) is 19.9. The highest BCUT2D eigenvalue weighted by Crippen LogP contribution is 2.41. The molecule has 1 saturated heterocycles. The molecule has 1 atom stereocenters. The Morgan fingerprint density at radius 3 is 2.49 bits per heavy atom. The number of phenolic OH excluding ortho intramolecular Hbond substituents is 1. The van der Waals surface area contributed by atoms with Crippen molar-refractivity contribution in [1.29, 1.82) is 0 Å². The molecule has 1 fully saturated rings. The number of aliphatic hydroxyl groups excluding tert-OH is 1. The first-order valence-corrected chi connectivity index (χ1v) is 11.5. The van der Waals surface area contributed by atoms with E-state index in [1.54, 1.807) is 48.8 Å². The number of carbonyl (C=O) groups excluding carboxylic acids is 2. The van der Waals surface area contributed by atoms with Gasteiger partial charge in [0.05, 0.1) is 18.2 Å². The molecule has 0 saturated carbocycles. The van der Waals surface area contributed by atoms with Crippen LogP contribution in [0.5, 0.6) is 11.5 Å². The molecule has 1 aliphatic heterocycles. The zero-order valence-electron chi connectivity index (χ0n) is 19.9. The molecule has 1 aromatic heterocycles. The molecule has 2 aromatic carbocycles. The number of likely N-dealkylation sites (tertiary alicyclic amines) is 1. The van der Waals surface area contributed by atoms with Gasteiger partial charge in [-0.1, -0.05) is 32.0 Å². The summed E-state index contributed by atoms with van der Waals surface area (Å²) in [5, 5.41) is 21.1. The van der Waals surface area contributed by atoms with E-state index in [-0.39, 0.29) is 23.6 Å². The first-order valence-electron chi connectivity index (χ1n) is 11.5. The van der Waals surface area contributed by atoms with Gasteiger partial charge in [-0.05, 0) is 65.9 Å². The fraction of sp³-hybridized carbons (Fsp3) is 0.250. The highest BCUT2D eigenvalue weighted by atomic mass is 16.5. The Hall–Kier alpha value is -4.13. The summed E-state index contributed by atoms with van der Waals surface area (Å²) in [5.41, 5.74) is 2.52. The van der Waals surface area contributed by atoms with Crippen LogP contribution in [0.25, 0.3) is 5.76 Å². The summed E-state index contributed by atoms with van der Waals surface area (Å²) >= 11 is 0. The second-order valence-corrected chi connectivity index (χ2v) is 9.06. The van der Waals surface area contributed by atoms with Gasteiger partial charge in [-0.2, -0.15) is 0 Å². The lowest BCUT2D eigenvalue weighted by Crippen LogP contribution is -2.29. The van der Waals surface area contributed by atoms with Gasteiger partial charge in [-0.3, -0.25) is 14.6 Å². The van der Waals surface area contributed by atoms with Crippen LogP contribution in [0.15, 0.2) is 72.6 Å². The molecule has 0 unspecified atom stereocenters. The maximum Gasteiger partial charge on any atom is 0.295 e. The Bertz CT molecular complexity index is 1270. The summed E-state index contributed by atoms with van der Waals surface area (Å²) in [5.74, 6) is -0.620. The van der Waals surface area contributed by atoms with Crippen molar-refractivity contribution < 1.29 is 24.5 Å². The van der Waals surface area contributed by atoms with Gasteiger partial charge in [0.1, 0.15) is 17.3 Å². The molecule has 7 nitrogen and oxygen atoms in total. The number of phenols is 1. The van der Waals surface area contributed by atoms with E-state index < -0.39 is 17.7 Å². The molecule has 35 heavy (non-hydrogen) atoms. The molecule has 0 radical (unpaired) electrons. The quantitative estimate of drug-likeness (QED) is 0.292. The van der Waals surface area contributed by atoms with Crippen molar-refractivity contribution in [3.63, 3.8) is 0 Å². The van der Waals surface area contributed by atoms with Gasteiger partial charge >= 0.3 is 0 Å². The maximum absolute atomic E-state index is 13.2. The Morgan fingerprint density at radius 1 is 1.11 bits per heavy atom. The number of aliphatic hydroxyl groups is 1. The SMILES string of the molecule is Cc1cc(OCC(C)C)ccc1C(O)=C1C(=O)C(=O)N(Cc2cccnc2)[C@@H]1c1ccc(O)cc1. The third-order valence-electron chi connectivity index (χ3n) is 5.86. The lowest BCUT2D eigenvalue weighted by atomic mass is 9.93. The Balaban J connectivity index is 1.79. The smallest absolute Gasteiger partial charge is 0.295 e. The molecule has 0 spiro atoms. The number of benzene rings is 2. The van der Waals surface area contributed by atoms with Gasteiger partial charge in [-0.15, -0.1) is 0 Å². The molecule has 3 aromatic rings. The number of ketones is 1. The van der Waals surface area contributed by atoms with E-state index in [0.717, 1.165) is 5.56 Å². The second-order valence-electron chi connectivity index (χ2n) is 9.06. The first-order chi connectivity index (χ1) is 16.8. The van der Waals surface area contributed by atoms with Gasteiger partial charge < -0.3 is 19.8 Å². The topological polar surface area (TPSA) is 100.0 Å². The van der Waals surface area contributed by atoms with E-state index in [1.807, 2.05) is 13.0 Å². The summed E-state index contributed by atoms with van der Waals surface area (Å²) in [4.78, 5) is 31.9. The summed E-state index contributed by atoms with van der Waals surface area (Å²) in [7, 11) is 0. The number of pyridine rings is 1. The Morgan fingerprint density at radius 2 is 1.86 bits per heavy atom. The number of ether oxygens (including phenoxy) is 1. The van der Waals surface area contributed by atoms with Crippen molar-refractivity contribution in [2.75, 3.05) is 6.61 Å². The molecule has 0 aliphatic carbocycles. The normalized spacial score (nSPS) is 17.3. The molecule has 0 bridgehead atoms. The summed E-state index contributed by atoms with van der Waals surface area (Å²) in [6.45, 7) is 6.63. The van der Waals surface area contributed by atoms with Crippen LogP contribution in [0.2, 0.25) is 0 Å². The van der Waals surface area contributed by atoms with E-state index in [9.17, 15) is 19.8 Å². The van der Waals surface area contributed by atoms with Crippen molar-refractivity contribution >= 4 is 17.4 Å². The third kappa shape index (κ3) is 5.04. The number of rotatable bonds is 7. The number of aryl methyl sites for hydroxylation is 1. The predicted molar refractivity (Wildman–Crippen MR) is 132 cm³/mol. The van der Waals surface area contributed by atoms with Gasteiger partial charge in [-0.25, -0.2) is 0 Å². The van der Waals surface area contributed by atoms with E-state index >= 15 is 0 Å². The van der Waals surface area contributed by atoms with Crippen molar-refractivity contribution in [1.82, 2.24) is 9.88 Å². The number of nitrogens with zero attached hydrogens (tertiary/aromatic N) is 2. The largest absolute Gasteiger partial charge is 0.508 e. The van der Waals surface area contributed by atoms with Crippen molar-refractivity contribution in [3.05, 3.63) is 94.8 Å². The van der Waals surface area contributed by atoms with Gasteiger partial charge in [0.2, 0.25) is 0 Å². The molecule has 1 aliphatic rings. The summed E-state index contributed by atoms with van der Waals surface area (Å²) < 4.78 is 5.78. The van der Waals surface area contributed by atoms with Gasteiger partial charge in [0, 0.05) is 24.5 Å². The lowest BCUT2D eigenvalue weighted by molar-refractivity contribution is -0.140. The first kappa shape index (κ1) is 24.0. The number of aromatic nitrogens is 1. The Kier molecular flexibility index (Phi) is 6.87. The number of hydrogen-bond donors (Lipinski definition) is 2. The van der Waals surface area contributed by atoms with Crippen LogP contribution in [-0.4, -0.2) is 38.4 Å². The van der Waals surface area contributed by atoms with Crippen LogP contribution in [0, 0.1) is 12.8 Å². The van der Waals surface area contributed by atoms with Crippen LogP contribution in [-0.2, 0) is 16.1 Å². The van der Waals surface area contributed by atoms with Crippen LogP contribution in [0.4, 0.5) is 0 Å². The predicted octanol–water partition coefficient (Wildman–Crippen LogP) is 4.75. The molecule has 2 N–H and O–H groups in total. The number of Topliss-reactive ketones (excluding diaryl/α,β-unsaturated/α-hetero) is 1. The van der Waals surface area contributed by atoms with Gasteiger partial charge in [0.15, 0.2) is 0 Å². The van der Waals surface area contributed by atoms with Crippen LogP contribution in [0.1, 0.15) is 42.1 Å². The number of hydrogen-bond acceptors (Lipinski definition) is 6. The maximum atomic E-state index is 13.2. The standard InChI is InChI=1S/C28H28N2O5/c1-17(2)16-35-22-10-11-23(18(3)13-22)26(32)24-25(20-6-8-21(31)9-7-20)30(28(34)27(24)33)15-19-5-4-12-29-14-19/h4-14,17,25,31-32H,15-16H2,1-3H3/t25-/m1/s1. The molecular weight excluding hydrogens is 444 g/mol. The number of carbonyl (C=O) groups is 2. The van der Waals surface area contributed by atoms with Crippen molar-refractivity contribution in [2.24, 2.45) is 5.92 Å². The fourth-order valence-electron chi connectivity index (χ4n) is 4.13. The number of aromatic hydroxyl groups is 1.